The van der Waals surface area contributed by atoms with Gasteiger partial charge in [-0.1, -0.05) is 18.2 Å². The summed E-state index contributed by atoms with van der Waals surface area (Å²) in [6, 6.07) is 12.2. The predicted molar refractivity (Wildman–Crippen MR) is 94.5 cm³/mol. The Balaban J connectivity index is 1.57. The van der Waals surface area contributed by atoms with Crippen molar-refractivity contribution >= 4 is 11.8 Å². The number of β-amino-alcohol motifs (C(OH)–C–C–N with tert-alkyl or cyclic N) is 1. The number of aliphatic hydroxyl groups is 1. The van der Waals surface area contributed by atoms with Crippen LogP contribution in [0.2, 0.25) is 0 Å². The molecule has 7 nitrogen and oxygen atoms in total. The molecule has 136 valence electrons. The molecule has 1 fully saturated rings. The number of hydrogen-bond acceptors (Lipinski definition) is 5. The van der Waals surface area contributed by atoms with Crippen LogP contribution in [0.4, 0.5) is 0 Å². The minimum atomic E-state index is -0.611. The fourth-order valence-corrected chi connectivity index (χ4v) is 3.07. The molecule has 0 radical (unpaired) electrons. The van der Waals surface area contributed by atoms with Crippen molar-refractivity contribution in [2.24, 2.45) is 11.7 Å². The summed E-state index contributed by atoms with van der Waals surface area (Å²) in [7, 11) is 0. The number of primary amides is 1. The van der Waals surface area contributed by atoms with Gasteiger partial charge in [0.15, 0.2) is 6.61 Å². The highest BCUT2D eigenvalue weighted by atomic mass is 16.5. The quantitative estimate of drug-likeness (QED) is 0.790. The average molecular weight is 355 g/mol. The highest BCUT2D eigenvalue weighted by Gasteiger charge is 2.34. The number of likely N-dealkylation sites (tertiary alicyclic amines) is 1. The number of aromatic nitrogens is 1. The first kappa shape index (κ1) is 17.9. The van der Waals surface area contributed by atoms with E-state index in [2.05, 4.69) is 4.98 Å². The van der Waals surface area contributed by atoms with Crippen molar-refractivity contribution in [2.75, 3.05) is 19.7 Å². The molecule has 0 saturated carbocycles. The Bertz CT molecular complexity index is 781. The van der Waals surface area contributed by atoms with Crippen molar-refractivity contribution in [1.29, 1.82) is 0 Å². The number of ether oxygens (including phenoxy) is 1. The molecule has 0 bridgehead atoms. The Morgan fingerprint density at radius 3 is 2.69 bits per heavy atom. The van der Waals surface area contributed by atoms with Gasteiger partial charge in [0.1, 0.15) is 5.75 Å². The fraction of sp³-hybridized carbons (Fsp3) is 0.316. The zero-order chi connectivity index (χ0) is 18.5. The van der Waals surface area contributed by atoms with Gasteiger partial charge in [0.25, 0.3) is 11.8 Å². The van der Waals surface area contributed by atoms with Gasteiger partial charge in [-0.15, -0.1) is 0 Å². The monoisotopic (exact) mass is 355 g/mol. The zero-order valence-electron chi connectivity index (χ0n) is 14.2. The maximum atomic E-state index is 12.4. The van der Waals surface area contributed by atoms with Crippen LogP contribution < -0.4 is 10.5 Å². The van der Waals surface area contributed by atoms with E-state index in [1.807, 2.05) is 18.2 Å². The molecule has 26 heavy (non-hydrogen) atoms. The molecule has 1 aliphatic rings. The van der Waals surface area contributed by atoms with E-state index >= 15 is 0 Å². The van der Waals surface area contributed by atoms with Gasteiger partial charge in [0.05, 0.1) is 11.7 Å². The van der Waals surface area contributed by atoms with E-state index in [1.165, 1.54) is 0 Å². The normalized spacial score (nSPS) is 19.3. The molecule has 3 N–H and O–H groups in total. The van der Waals surface area contributed by atoms with E-state index in [9.17, 15) is 14.7 Å². The number of carbonyl (C=O) groups is 2. The first-order valence-corrected chi connectivity index (χ1v) is 8.42. The van der Waals surface area contributed by atoms with Crippen LogP contribution >= 0.6 is 0 Å². The van der Waals surface area contributed by atoms with E-state index in [-0.39, 0.29) is 36.3 Å². The van der Waals surface area contributed by atoms with Crippen LogP contribution in [-0.4, -0.2) is 52.6 Å². The maximum absolute atomic E-state index is 12.4. The lowest BCUT2D eigenvalue weighted by Crippen LogP contribution is -2.34. The van der Waals surface area contributed by atoms with Crippen LogP contribution in [0.15, 0.2) is 48.7 Å². The summed E-state index contributed by atoms with van der Waals surface area (Å²) in [6.45, 7) is 0.488. The number of amides is 2. The Kier molecular flexibility index (Phi) is 5.48. The highest BCUT2D eigenvalue weighted by molar-refractivity contribution is 5.95. The standard InChI is InChI=1S/C19H21N3O4/c20-19(25)15-6-1-2-7-17(15)26-12-18(24)22-10-13(16(23)11-22)9-14-5-3-4-8-21-14/h1-8,13,16,23H,9-12H2,(H2,20,25)/t13-,16-/m1/s1. The molecule has 1 saturated heterocycles. The molecule has 0 spiro atoms. The second kappa shape index (κ2) is 7.97. The first-order valence-electron chi connectivity index (χ1n) is 8.42. The number of benzene rings is 1. The fourth-order valence-electron chi connectivity index (χ4n) is 3.07. The number of rotatable bonds is 6. The molecule has 0 aliphatic carbocycles. The third-order valence-electron chi connectivity index (χ3n) is 4.46. The van der Waals surface area contributed by atoms with Crippen molar-refractivity contribution < 1.29 is 19.4 Å². The topological polar surface area (TPSA) is 106 Å². The molecule has 3 rings (SSSR count). The van der Waals surface area contributed by atoms with Crippen LogP contribution in [0.3, 0.4) is 0 Å². The van der Waals surface area contributed by atoms with Gasteiger partial charge in [-0.25, -0.2) is 0 Å². The lowest BCUT2D eigenvalue weighted by molar-refractivity contribution is -0.132. The third kappa shape index (κ3) is 4.18. The van der Waals surface area contributed by atoms with Gasteiger partial charge in [-0.3, -0.25) is 14.6 Å². The Labute approximate surface area is 151 Å². The number of aliphatic hydroxyl groups excluding tert-OH is 1. The molecule has 2 amide bonds. The summed E-state index contributed by atoms with van der Waals surface area (Å²) >= 11 is 0. The van der Waals surface area contributed by atoms with Gasteiger partial charge in [-0.2, -0.15) is 0 Å². The Hall–Kier alpha value is -2.93. The average Bonchev–Trinajstić information content (AvgIpc) is 3.01. The molecule has 7 heteroatoms. The molecule has 1 aromatic carbocycles. The van der Waals surface area contributed by atoms with Gasteiger partial charge in [0.2, 0.25) is 0 Å². The van der Waals surface area contributed by atoms with E-state index in [0.717, 1.165) is 5.69 Å². The summed E-state index contributed by atoms with van der Waals surface area (Å²) in [4.78, 5) is 29.6. The lowest BCUT2D eigenvalue weighted by Gasteiger charge is -2.17. The summed E-state index contributed by atoms with van der Waals surface area (Å²) in [5.41, 5.74) is 6.42. The van der Waals surface area contributed by atoms with E-state index in [1.54, 1.807) is 35.4 Å². The predicted octanol–water partition coefficient (Wildman–Crippen LogP) is 0.621. The maximum Gasteiger partial charge on any atom is 0.260 e. The minimum absolute atomic E-state index is 0.0632. The van der Waals surface area contributed by atoms with Gasteiger partial charge < -0.3 is 20.5 Å². The van der Waals surface area contributed by atoms with Crippen molar-refractivity contribution in [3.63, 3.8) is 0 Å². The van der Waals surface area contributed by atoms with Crippen molar-refractivity contribution in [3.8, 4) is 5.75 Å². The summed E-state index contributed by atoms with van der Waals surface area (Å²) < 4.78 is 5.48. The van der Waals surface area contributed by atoms with Crippen LogP contribution in [0.1, 0.15) is 16.1 Å². The number of carbonyl (C=O) groups excluding carboxylic acids is 2. The van der Waals surface area contributed by atoms with Gasteiger partial charge >= 0.3 is 0 Å². The van der Waals surface area contributed by atoms with Gasteiger partial charge in [-0.05, 0) is 30.7 Å². The Morgan fingerprint density at radius 1 is 1.19 bits per heavy atom. The van der Waals surface area contributed by atoms with Crippen LogP contribution in [0, 0.1) is 5.92 Å². The third-order valence-corrected chi connectivity index (χ3v) is 4.46. The summed E-state index contributed by atoms with van der Waals surface area (Å²) in [5.74, 6) is -0.642. The number of nitrogens with zero attached hydrogens (tertiary/aromatic N) is 2. The summed E-state index contributed by atoms with van der Waals surface area (Å²) in [6.07, 6.45) is 1.72. The molecule has 2 atom stereocenters. The van der Waals surface area contributed by atoms with Crippen LogP contribution in [0.25, 0.3) is 0 Å². The molecule has 2 aromatic rings. The zero-order valence-corrected chi connectivity index (χ0v) is 14.2. The van der Waals surface area contributed by atoms with Gasteiger partial charge in [0, 0.05) is 30.9 Å². The Morgan fingerprint density at radius 2 is 1.96 bits per heavy atom. The molecular weight excluding hydrogens is 334 g/mol. The summed E-state index contributed by atoms with van der Waals surface area (Å²) in [5, 5.41) is 10.2. The SMILES string of the molecule is NC(=O)c1ccccc1OCC(=O)N1C[C@@H](Cc2ccccn2)[C@H](O)C1. The number of hydrogen-bond donors (Lipinski definition) is 2. The van der Waals surface area contributed by atoms with E-state index in [4.69, 9.17) is 10.5 Å². The number of para-hydroxylation sites is 1. The minimum Gasteiger partial charge on any atom is -0.483 e. The smallest absolute Gasteiger partial charge is 0.260 e. The van der Waals surface area contributed by atoms with E-state index < -0.39 is 12.0 Å². The molecule has 1 aromatic heterocycles. The molecular formula is C19H21N3O4. The van der Waals surface area contributed by atoms with Crippen LogP contribution in [0.5, 0.6) is 5.75 Å². The van der Waals surface area contributed by atoms with Crippen molar-refractivity contribution in [2.45, 2.75) is 12.5 Å². The van der Waals surface area contributed by atoms with Crippen molar-refractivity contribution in [1.82, 2.24) is 9.88 Å². The molecule has 1 aliphatic heterocycles. The molecule has 2 heterocycles. The number of nitrogens with two attached hydrogens (primary N) is 1. The second-order valence-electron chi connectivity index (χ2n) is 6.30. The first-order chi connectivity index (χ1) is 12.5. The largest absolute Gasteiger partial charge is 0.483 e. The second-order valence-corrected chi connectivity index (χ2v) is 6.30. The lowest BCUT2D eigenvalue weighted by atomic mass is 10.00. The van der Waals surface area contributed by atoms with E-state index in [0.29, 0.717) is 13.0 Å². The number of pyridine rings is 1. The highest BCUT2D eigenvalue weighted by Crippen LogP contribution is 2.22. The molecule has 0 unspecified atom stereocenters. The van der Waals surface area contributed by atoms with Crippen molar-refractivity contribution in [3.05, 3.63) is 59.9 Å². The van der Waals surface area contributed by atoms with Crippen LogP contribution in [-0.2, 0) is 11.2 Å².